The molecule has 1 amide bonds. The third-order valence-electron chi connectivity index (χ3n) is 4.69. The Hall–Kier alpha value is -3.29. The highest BCUT2D eigenvalue weighted by atomic mass is 35.5. The average Bonchev–Trinajstić information content (AvgIpc) is 3.05. The van der Waals surface area contributed by atoms with Crippen molar-refractivity contribution in [2.75, 3.05) is 5.32 Å². The normalized spacial score (nSPS) is 10.8. The van der Waals surface area contributed by atoms with Crippen LogP contribution in [-0.2, 0) is 17.8 Å². The molecule has 5 nitrogen and oxygen atoms in total. The van der Waals surface area contributed by atoms with Gasteiger partial charge in [-0.3, -0.25) is 14.3 Å². The first-order chi connectivity index (χ1) is 15.0. The smallest absolute Gasteiger partial charge is 0.244 e. The second-order valence-corrected chi connectivity index (χ2v) is 7.73. The molecular formula is C23H18ClFN4OS. The zero-order valence-corrected chi connectivity index (χ0v) is 17.9. The SMILES string of the molecule is O=C(Cn1cc(Cc2ccc(F)cc2)n(-c2ccc(Cl)cc2)c1=S)Nc1ccncc1. The Morgan fingerprint density at radius 2 is 1.71 bits per heavy atom. The predicted molar refractivity (Wildman–Crippen MR) is 122 cm³/mol. The minimum absolute atomic E-state index is 0.0537. The Morgan fingerprint density at radius 3 is 2.39 bits per heavy atom. The van der Waals surface area contributed by atoms with E-state index in [0.717, 1.165) is 16.9 Å². The van der Waals surface area contributed by atoms with E-state index in [0.29, 0.717) is 21.9 Å². The van der Waals surface area contributed by atoms with E-state index in [9.17, 15) is 9.18 Å². The molecule has 4 aromatic rings. The summed E-state index contributed by atoms with van der Waals surface area (Å²) in [7, 11) is 0. The van der Waals surface area contributed by atoms with Gasteiger partial charge in [0, 0.05) is 47.1 Å². The maximum absolute atomic E-state index is 13.3. The van der Waals surface area contributed by atoms with Crippen molar-refractivity contribution in [3.8, 4) is 5.69 Å². The minimum Gasteiger partial charge on any atom is -0.324 e. The molecule has 0 unspecified atom stereocenters. The monoisotopic (exact) mass is 452 g/mol. The molecule has 0 atom stereocenters. The van der Waals surface area contributed by atoms with Crippen molar-refractivity contribution >= 4 is 35.4 Å². The Balaban J connectivity index is 1.67. The van der Waals surface area contributed by atoms with Gasteiger partial charge < -0.3 is 9.88 Å². The summed E-state index contributed by atoms with van der Waals surface area (Å²) in [5.41, 5.74) is 3.29. The Morgan fingerprint density at radius 1 is 1.03 bits per heavy atom. The van der Waals surface area contributed by atoms with Crippen LogP contribution < -0.4 is 5.32 Å². The molecule has 2 aromatic heterocycles. The zero-order valence-electron chi connectivity index (χ0n) is 16.3. The van der Waals surface area contributed by atoms with Crippen LogP contribution >= 0.6 is 23.8 Å². The molecule has 0 saturated heterocycles. The molecule has 8 heteroatoms. The van der Waals surface area contributed by atoms with Gasteiger partial charge in [0.15, 0.2) is 4.77 Å². The molecule has 0 spiro atoms. The number of rotatable bonds is 6. The van der Waals surface area contributed by atoms with Crippen LogP contribution in [0.2, 0.25) is 5.02 Å². The number of pyridine rings is 1. The first-order valence-corrected chi connectivity index (χ1v) is 10.3. The van der Waals surface area contributed by atoms with Crippen LogP contribution in [-0.4, -0.2) is 20.0 Å². The van der Waals surface area contributed by atoms with Crippen molar-refractivity contribution in [2.45, 2.75) is 13.0 Å². The molecule has 0 saturated carbocycles. The lowest BCUT2D eigenvalue weighted by molar-refractivity contribution is -0.116. The van der Waals surface area contributed by atoms with Crippen LogP contribution in [0.25, 0.3) is 5.69 Å². The predicted octanol–water partition coefficient (Wildman–Crippen LogP) is 5.43. The van der Waals surface area contributed by atoms with E-state index < -0.39 is 0 Å². The number of anilines is 1. The number of imidazole rings is 1. The number of carbonyl (C=O) groups is 1. The van der Waals surface area contributed by atoms with Crippen molar-refractivity contribution in [3.63, 3.8) is 0 Å². The second kappa shape index (κ2) is 9.24. The van der Waals surface area contributed by atoms with Crippen molar-refractivity contribution in [3.05, 3.63) is 106 Å². The first kappa shape index (κ1) is 21.0. The fraction of sp³-hybridized carbons (Fsp3) is 0.0870. The van der Waals surface area contributed by atoms with Gasteiger partial charge in [-0.2, -0.15) is 0 Å². The Kier molecular flexibility index (Phi) is 6.25. The van der Waals surface area contributed by atoms with E-state index in [1.54, 1.807) is 53.4 Å². The van der Waals surface area contributed by atoms with Crippen LogP contribution in [0.4, 0.5) is 10.1 Å². The standard InChI is InChI=1S/C23H18ClFN4OS/c24-17-3-7-20(8-4-17)29-21(13-16-1-5-18(25)6-2-16)14-28(23(29)31)15-22(30)27-19-9-11-26-12-10-19/h1-12,14H,13,15H2,(H,26,27,30). The molecule has 156 valence electrons. The van der Waals surface area contributed by atoms with E-state index in [1.807, 2.05) is 22.9 Å². The highest BCUT2D eigenvalue weighted by molar-refractivity contribution is 7.71. The third-order valence-corrected chi connectivity index (χ3v) is 5.36. The maximum Gasteiger partial charge on any atom is 0.244 e. The summed E-state index contributed by atoms with van der Waals surface area (Å²) in [5.74, 6) is -0.493. The summed E-state index contributed by atoms with van der Waals surface area (Å²) in [5, 5.41) is 3.45. The van der Waals surface area contributed by atoms with Gasteiger partial charge in [0.2, 0.25) is 5.91 Å². The van der Waals surface area contributed by atoms with E-state index in [4.69, 9.17) is 23.8 Å². The number of aromatic nitrogens is 3. The topological polar surface area (TPSA) is 51.9 Å². The molecule has 0 aliphatic heterocycles. The van der Waals surface area contributed by atoms with Gasteiger partial charge in [-0.25, -0.2) is 4.39 Å². The summed E-state index contributed by atoms with van der Waals surface area (Å²) in [4.78, 5) is 16.5. The van der Waals surface area contributed by atoms with Crippen LogP contribution in [0.5, 0.6) is 0 Å². The molecule has 2 heterocycles. The molecule has 0 fully saturated rings. The molecule has 0 radical (unpaired) electrons. The zero-order chi connectivity index (χ0) is 21.8. The molecular weight excluding hydrogens is 435 g/mol. The number of carbonyl (C=O) groups excluding carboxylic acids is 1. The highest BCUT2D eigenvalue weighted by Gasteiger charge is 2.14. The average molecular weight is 453 g/mol. The summed E-state index contributed by atoms with van der Waals surface area (Å²) >= 11 is 11.7. The number of benzene rings is 2. The van der Waals surface area contributed by atoms with Gasteiger partial charge in [-0.1, -0.05) is 23.7 Å². The summed E-state index contributed by atoms with van der Waals surface area (Å²) in [6, 6.07) is 17.1. The van der Waals surface area contributed by atoms with Gasteiger partial charge in [0.1, 0.15) is 12.4 Å². The minimum atomic E-state index is -0.288. The Labute approximate surface area is 188 Å². The number of hydrogen-bond acceptors (Lipinski definition) is 3. The van der Waals surface area contributed by atoms with Crippen LogP contribution in [0.15, 0.2) is 79.3 Å². The molecule has 0 bridgehead atoms. The van der Waals surface area contributed by atoms with Gasteiger partial charge in [-0.15, -0.1) is 0 Å². The molecule has 31 heavy (non-hydrogen) atoms. The molecule has 4 rings (SSSR count). The molecule has 0 aliphatic rings. The van der Waals surface area contributed by atoms with Crippen molar-refractivity contribution in [2.24, 2.45) is 0 Å². The van der Waals surface area contributed by atoms with E-state index in [2.05, 4.69) is 10.3 Å². The quantitative estimate of drug-likeness (QED) is 0.397. The van der Waals surface area contributed by atoms with Crippen molar-refractivity contribution < 1.29 is 9.18 Å². The van der Waals surface area contributed by atoms with Gasteiger partial charge in [-0.05, 0) is 66.3 Å². The lowest BCUT2D eigenvalue weighted by Gasteiger charge is -2.09. The van der Waals surface area contributed by atoms with Crippen molar-refractivity contribution in [1.82, 2.24) is 14.1 Å². The maximum atomic E-state index is 13.3. The van der Waals surface area contributed by atoms with E-state index >= 15 is 0 Å². The van der Waals surface area contributed by atoms with Gasteiger partial charge in [0.05, 0.1) is 0 Å². The largest absolute Gasteiger partial charge is 0.324 e. The first-order valence-electron chi connectivity index (χ1n) is 9.51. The lowest BCUT2D eigenvalue weighted by Crippen LogP contribution is -2.18. The summed E-state index contributed by atoms with van der Waals surface area (Å²) in [6.45, 7) is 0.0537. The Bertz CT molecular complexity index is 1250. The van der Waals surface area contributed by atoms with Crippen molar-refractivity contribution in [1.29, 1.82) is 0 Å². The van der Waals surface area contributed by atoms with Crippen LogP contribution in [0.1, 0.15) is 11.3 Å². The van der Waals surface area contributed by atoms with Crippen LogP contribution in [0, 0.1) is 10.6 Å². The summed E-state index contributed by atoms with van der Waals surface area (Å²) in [6.07, 6.45) is 5.59. The number of hydrogen-bond donors (Lipinski definition) is 1. The number of halogens is 2. The third kappa shape index (κ3) is 5.07. The molecule has 0 aliphatic carbocycles. The van der Waals surface area contributed by atoms with E-state index in [-0.39, 0.29) is 18.3 Å². The lowest BCUT2D eigenvalue weighted by atomic mass is 10.1. The molecule has 1 N–H and O–H groups in total. The van der Waals surface area contributed by atoms with E-state index in [1.165, 1.54) is 12.1 Å². The second-order valence-electron chi connectivity index (χ2n) is 6.93. The fourth-order valence-corrected chi connectivity index (χ4v) is 3.72. The van der Waals surface area contributed by atoms with Gasteiger partial charge >= 0.3 is 0 Å². The number of amides is 1. The fourth-order valence-electron chi connectivity index (χ4n) is 3.25. The molecule has 2 aromatic carbocycles. The summed E-state index contributed by atoms with van der Waals surface area (Å²) < 4.78 is 17.4. The van der Waals surface area contributed by atoms with Crippen LogP contribution in [0.3, 0.4) is 0 Å². The number of nitrogens with one attached hydrogen (secondary N) is 1. The number of nitrogens with zero attached hydrogens (tertiary/aromatic N) is 3. The van der Waals surface area contributed by atoms with Gasteiger partial charge in [0.25, 0.3) is 0 Å². The highest BCUT2D eigenvalue weighted by Crippen LogP contribution is 2.20.